The first kappa shape index (κ1) is 20.1. The Labute approximate surface area is 167 Å². The van der Waals surface area contributed by atoms with Crippen molar-refractivity contribution < 1.29 is 13.2 Å². The van der Waals surface area contributed by atoms with Crippen molar-refractivity contribution in [2.75, 3.05) is 13.7 Å². The fourth-order valence-electron chi connectivity index (χ4n) is 2.51. The topological polar surface area (TPSA) is 90.3 Å². The molecule has 0 fully saturated rings. The molecule has 0 radical (unpaired) electrons. The molecule has 0 saturated heterocycles. The molecular formula is C19H18ClN3O4S. The summed E-state index contributed by atoms with van der Waals surface area (Å²) in [6.45, 7) is 0.204. The van der Waals surface area contributed by atoms with Gasteiger partial charge in [0, 0.05) is 29.7 Å². The molecule has 28 heavy (non-hydrogen) atoms. The Morgan fingerprint density at radius 3 is 2.39 bits per heavy atom. The Bertz CT molecular complexity index is 1110. The normalized spacial score (nSPS) is 11.4. The van der Waals surface area contributed by atoms with Gasteiger partial charge in [0.1, 0.15) is 5.75 Å². The highest BCUT2D eigenvalue weighted by Crippen LogP contribution is 2.19. The summed E-state index contributed by atoms with van der Waals surface area (Å²) in [6.07, 6.45) is 1.40. The molecule has 9 heteroatoms. The number of benzene rings is 2. The van der Waals surface area contributed by atoms with Gasteiger partial charge >= 0.3 is 0 Å². The maximum Gasteiger partial charge on any atom is 0.253 e. The van der Waals surface area contributed by atoms with Crippen LogP contribution in [0.4, 0.5) is 0 Å². The molecule has 0 spiro atoms. The van der Waals surface area contributed by atoms with E-state index in [1.54, 1.807) is 19.2 Å². The van der Waals surface area contributed by atoms with Gasteiger partial charge in [-0.1, -0.05) is 11.6 Å². The molecule has 146 valence electrons. The number of sulfonamides is 1. The van der Waals surface area contributed by atoms with Crippen molar-refractivity contribution in [3.8, 4) is 17.0 Å². The second kappa shape index (κ2) is 8.55. The number of nitrogens with one attached hydrogen (secondary N) is 1. The van der Waals surface area contributed by atoms with Crippen LogP contribution >= 0.6 is 11.6 Å². The predicted octanol–water partition coefficient (Wildman–Crippen LogP) is 2.55. The highest BCUT2D eigenvalue weighted by molar-refractivity contribution is 7.89. The van der Waals surface area contributed by atoms with Crippen molar-refractivity contribution in [2.45, 2.75) is 11.4 Å². The molecule has 0 aliphatic rings. The van der Waals surface area contributed by atoms with Crippen LogP contribution in [0, 0.1) is 0 Å². The van der Waals surface area contributed by atoms with Crippen LogP contribution in [0.2, 0.25) is 5.02 Å². The maximum atomic E-state index is 12.3. The molecule has 1 aromatic heterocycles. The maximum absolute atomic E-state index is 12.3. The molecule has 1 N–H and O–H groups in total. The summed E-state index contributed by atoms with van der Waals surface area (Å²) in [6, 6.07) is 14.4. The molecular weight excluding hydrogens is 402 g/mol. The lowest BCUT2D eigenvalue weighted by atomic mass is 10.1. The van der Waals surface area contributed by atoms with Crippen LogP contribution in [-0.2, 0) is 16.6 Å². The van der Waals surface area contributed by atoms with Gasteiger partial charge < -0.3 is 4.74 Å². The molecule has 2 aromatic carbocycles. The van der Waals surface area contributed by atoms with Crippen molar-refractivity contribution in [2.24, 2.45) is 0 Å². The van der Waals surface area contributed by atoms with E-state index in [1.165, 1.54) is 41.2 Å². The largest absolute Gasteiger partial charge is 0.497 e. The lowest BCUT2D eigenvalue weighted by molar-refractivity contribution is 0.415. The first-order valence-electron chi connectivity index (χ1n) is 8.35. The number of nitrogens with zero attached hydrogens (tertiary/aromatic N) is 2. The van der Waals surface area contributed by atoms with E-state index in [0.717, 1.165) is 5.56 Å². The third kappa shape index (κ3) is 4.78. The van der Waals surface area contributed by atoms with Crippen LogP contribution in [0.1, 0.15) is 0 Å². The molecule has 1 heterocycles. The zero-order valence-electron chi connectivity index (χ0n) is 15.0. The molecule has 0 aliphatic carbocycles. The minimum absolute atomic E-state index is 0.0500. The van der Waals surface area contributed by atoms with Crippen molar-refractivity contribution >= 4 is 21.6 Å². The van der Waals surface area contributed by atoms with Crippen molar-refractivity contribution in [3.05, 3.63) is 76.3 Å². The number of halogens is 1. The highest BCUT2D eigenvalue weighted by Gasteiger charge is 2.13. The van der Waals surface area contributed by atoms with Gasteiger partial charge in [-0.3, -0.25) is 9.36 Å². The molecule has 0 saturated carbocycles. The van der Waals surface area contributed by atoms with Gasteiger partial charge in [-0.15, -0.1) is 0 Å². The molecule has 3 rings (SSSR count). The summed E-state index contributed by atoms with van der Waals surface area (Å²) in [5.41, 5.74) is 1.05. The van der Waals surface area contributed by atoms with E-state index >= 15 is 0 Å². The molecule has 0 bridgehead atoms. The van der Waals surface area contributed by atoms with Crippen LogP contribution in [0.5, 0.6) is 5.75 Å². The van der Waals surface area contributed by atoms with Crippen molar-refractivity contribution in [3.63, 3.8) is 0 Å². The van der Waals surface area contributed by atoms with Gasteiger partial charge in [0.2, 0.25) is 10.0 Å². The Balaban J connectivity index is 1.66. The number of ether oxygens (including phenoxy) is 1. The number of methoxy groups -OCH3 is 1. The third-order valence-corrected chi connectivity index (χ3v) is 5.76. The SMILES string of the molecule is COc1ccc(-c2cc(=O)n(CCNS(=O)(=O)c3ccc(Cl)cc3)cn2)cc1. The molecule has 0 aliphatic heterocycles. The average molecular weight is 420 g/mol. The Kier molecular flexibility index (Phi) is 6.13. The lowest BCUT2D eigenvalue weighted by Gasteiger charge is -2.09. The first-order valence-corrected chi connectivity index (χ1v) is 10.2. The minimum Gasteiger partial charge on any atom is -0.497 e. The van der Waals surface area contributed by atoms with Crippen molar-refractivity contribution in [1.82, 2.24) is 14.3 Å². The zero-order chi connectivity index (χ0) is 20.1. The zero-order valence-corrected chi connectivity index (χ0v) is 16.6. The van der Waals surface area contributed by atoms with Crippen molar-refractivity contribution in [1.29, 1.82) is 0 Å². The minimum atomic E-state index is -3.67. The summed E-state index contributed by atoms with van der Waals surface area (Å²) >= 11 is 5.77. The summed E-state index contributed by atoms with van der Waals surface area (Å²) in [5, 5.41) is 0.452. The van der Waals surface area contributed by atoms with Crippen LogP contribution in [0.25, 0.3) is 11.3 Å². The quantitative estimate of drug-likeness (QED) is 0.635. The summed E-state index contributed by atoms with van der Waals surface area (Å²) < 4.78 is 33.4. The number of aromatic nitrogens is 2. The average Bonchev–Trinajstić information content (AvgIpc) is 2.69. The first-order chi connectivity index (χ1) is 13.4. The second-order valence-corrected chi connectivity index (χ2v) is 8.09. The van der Waals surface area contributed by atoms with E-state index in [9.17, 15) is 13.2 Å². The third-order valence-electron chi connectivity index (χ3n) is 4.03. The molecule has 3 aromatic rings. The van der Waals surface area contributed by atoms with Crippen LogP contribution in [-0.4, -0.2) is 31.6 Å². The number of hydrogen-bond donors (Lipinski definition) is 1. The fraction of sp³-hybridized carbons (Fsp3) is 0.158. The van der Waals surface area contributed by atoms with Crippen LogP contribution < -0.4 is 15.0 Å². The number of rotatable bonds is 7. The van der Waals surface area contributed by atoms with Gasteiger partial charge in [0.05, 0.1) is 24.0 Å². The predicted molar refractivity (Wildman–Crippen MR) is 107 cm³/mol. The van der Waals surface area contributed by atoms with E-state index in [1.807, 2.05) is 12.1 Å². The Morgan fingerprint density at radius 1 is 1.11 bits per heavy atom. The summed E-state index contributed by atoms with van der Waals surface area (Å²) in [7, 11) is -2.10. The molecule has 0 unspecified atom stereocenters. The van der Waals surface area contributed by atoms with E-state index in [0.29, 0.717) is 16.5 Å². The number of hydrogen-bond acceptors (Lipinski definition) is 5. The summed E-state index contributed by atoms with van der Waals surface area (Å²) in [4.78, 5) is 16.7. The summed E-state index contributed by atoms with van der Waals surface area (Å²) in [5.74, 6) is 0.713. The highest BCUT2D eigenvalue weighted by atomic mass is 35.5. The monoisotopic (exact) mass is 419 g/mol. The molecule has 0 amide bonds. The van der Waals surface area contributed by atoms with Gasteiger partial charge in [-0.25, -0.2) is 18.1 Å². The Hall–Kier alpha value is -2.68. The standard InChI is InChI=1S/C19H18ClN3O4S/c1-27-16-6-2-14(3-7-16)18-12-19(24)23(13-21-18)11-10-22-28(25,26)17-8-4-15(20)5-9-17/h2-9,12-13,22H,10-11H2,1H3. The van der Waals surface area contributed by atoms with Crippen LogP contribution in [0.15, 0.2) is 70.6 Å². The molecule has 0 atom stereocenters. The van der Waals surface area contributed by atoms with Gasteiger partial charge in [0.15, 0.2) is 0 Å². The fourth-order valence-corrected chi connectivity index (χ4v) is 3.66. The lowest BCUT2D eigenvalue weighted by Crippen LogP contribution is -2.30. The smallest absolute Gasteiger partial charge is 0.253 e. The Morgan fingerprint density at radius 2 is 1.79 bits per heavy atom. The van der Waals surface area contributed by atoms with E-state index in [-0.39, 0.29) is 23.5 Å². The van der Waals surface area contributed by atoms with E-state index in [4.69, 9.17) is 16.3 Å². The van der Waals surface area contributed by atoms with Crippen LogP contribution in [0.3, 0.4) is 0 Å². The molecule has 7 nitrogen and oxygen atoms in total. The van der Waals surface area contributed by atoms with Gasteiger partial charge in [-0.05, 0) is 48.5 Å². The van der Waals surface area contributed by atoms with E-state index in [2.05, 4.69) is 9.71 Å². The van der Waals surface area contributed by atoms with E-state index < -0.39 is 10.0 Å². The van der Waals surface area contributed by atoms with Gasteiger partial charge in [-0.2, -0.15) is 0 Å². The second-order valence-electron chi connectivity index (χ2n) is 5.89. The van der Waals surface area contributed by atoms with Gasteiger partial charge in [0.25, 0.3) is 5.56 Å².